The quantitative estimate of drug-likeness (QED) is 0.763. The molecule has 1 saturated carbocycles. The van der Waals surface area contributed by atoms with Crippen LogP contribution in [0.1, 0.15) is 36.0 Å². The van der Waals surface area contributed by atoms with Gasteiger partial charge in [-0.25, -0.2) is 9.78 Å². The van der Waals surface area contributed by atoms with Gasteiger partial charge in [0.1, 0.15) is 0 Å². The van der Waals surface area contributed by atoms with E-state index in [1.807, 2.05) is 12.1 Å². The van der Waals surface area contributed by atoms with E-state index in [4.69, 9.17) is 4.74 Å². The summed E-state index contributed by atoms with van der Waals surface area (Å²) in [6.07, 6.45) is 7.32. The van der Waals surface area contributed by atoms with Gasteiger partial charge in [0.05, 0.1) is 12.8 Å². The molecule has 2 aliphatic rings. The van der Waals surface area contributed by atoms with Gasteiger partial charge in [0.2, 0.25) is 5.88 Å². The zero-order chi connectivity index (χ0) is 18.1. The number of anilines is 1. The molecule has 6 heteroatoms. The van der Waals surface area contributed by atoms with Crippen molar-refractivity contribution in [2.75, 3.05) is 12.4 Å². The standard InChI is InChI=1S/C20H23N3O2S/c1-12-10-13-4-3-5-16(13)19(22-20(24)23-26-15-6-7-15)18(12)14-8-9-21-17(11-14)25-2/h8-11,15H,3-7H2,1-2H3,(H2,22,23,24). The fraction of sp³-hybridized carbons (Fsp3) is 0.400. The highest BCUT2D eigenvalue weighted by atomic mass is 32.2. The molecule has 2 N–H and O–H groups in total. The number of urea groups is 1. The fourth-order valence-corrected chi connectivity index (χ4v) is 4.24. The molecule has 5 nitrogen and oxygen atoms in total. The van der Waals surface area contributed by atoms with Crippen LogP contribution in [0.25, 0.3) is 11.1 Å². The van der Waals surface area contributed by atoms with Gasteiger partial charge in [-0.2, -0.15) is 0 Å². The molecule has 0 unspecified atom stereocenters. The number of benzene rings is 1. The van der Waals surface area contributed by atoms with Gasteiger partial charge in [-0.1, -0.05) is 6.07 Å². The SMILES string of the molecule is COc1cc(-c2c(C)cc3c(c2NC(=O)NSC2CC2)CCC3)ccn1. The summed E-state index contributed by atoms with van der Waals surface area (Å²) in [5.74, 6) is 0.571. The number of hydrogen-bond donors (Lipinski definition) is 2. The molecule has 1 aromatic heterocycles. The lowest BCUT2D eigenvalue weighted by Gasteiger charge is -2.19. The van der Waals surface area contributed by atoms with Gasteiger partial charge in [0, 0.05) is 23.1 Å². The molecular formula is C20H23N3O2S. The maximum absolute atomic E-state index is 12.5. The number of carbonyl (C=O) groups excluding carboxylic acids is 1. The average Bonchev–Trinajstić information content (AvgIpc) is 3.36. The fourth-order valence-electron chi connectivity index (χ4n) is 3.54. The molecule has 0 saturated heterocycles. The molecule has 1 heterocycles. The molecule has 2 amide bonds. The van der Waals surface area contributed by atoms with Crippen LogP contribution in [0, 0.1) is 6.92 Å². The van der Waals surface area contributed by atoms with E-state index in [-0.39, 0.29) is 6.03 Å². The summed E-state index contributed by atoms with van der Waals surface area (Å²) < 4.78 is 8.22. The van der Waals surface area contributed by atoms with Crippen LogP contribution in [-0.4, -0.2) is 23.4 Å². The molecule has 0 spiro atoms. The number of aromatic nitrogens is 1. The first-order chi connectivity index (χ1) is 12.7. The molecule has 1 aromatic carbocycles. The Balaban J connectivity index is 1.72. The van der Waals surface area contributed by atoms with E-state index >= 15 is 0 Å². The van der Waals surface area contributed by atoms with Gasteiger partial charge in [-0.15, -0.1) is 0 Å². The average molecular weight is 369 g/mol. The smallest absolute Gasteiger partial charge is 0.329 e. The van der Waals surface area contributed by atoms with Crippen molar-refractivity contribution in [1.82, 2.24) is 9.71 Å². The largest absolute Gasteiger partial charge is 0.481 e. The number of carbonyl (C=O) groups is 1. The summed E-state index contributed by atoms with van der Waals surface area (Å²) in [4.78, 5) is 16.7. The second-order valence-electron chi connectivity index (χ2n) is 6.89. The molecule has 0 atom stereocenters. The Morgan fingerprint density at radius 2 is 2.15 bits per heavy atom. The third-order valence-corrected chi connectivity index (χ3v) is 6.02. The van der Waals surface area contributed by atoms with E-state index in [0.29, 0.717) is 11.1 Å². The van der Waals surface area contributed by atoms with Crippen molar-refractivity contribution in [2.24, 2.45) is 0 Å². The third-order valence-electron chi connectivity index (χ3n) is 4.91. The number of aryl methyl sites for hydroxylation is 2. The van der Waals surface area contributed by atoms with Crippen molar-refractivity contribution in [3.8, 4) is 17.0 Å². The lowest BCUT2D eigenvalue weighted by atomic mass is 9.93. The molecular weight excluding hydrogens is 346 g/mol. The highest BCUT2D eigenvalue weighted by Gasteiger charge is 2.25. The van der Waals surface area contributed by atoms with Crippen molar-refractivity contribution < 1.29 is 9.53 Å². The zero-order valence-corrected chi connectivity index (χ0v) is 15.9. The minimum atomic E-state index is -0.149. The van der Waals surface area contributed by atoms with Gasteiger partial charge in [0.25, 0.3) is 0 Å². The molecule has 0 radical (unpaired) electrons. The Morgan fingerprint density at radius 3 is 2.92 bits per heavy atom. The molecule has 136 valence electrons. The molecule has 0 bridgehead atoms. The summed E-state index contributed by atoms with van der Waals surface area (Å²) in [5.41, 5.74) is 6.75. The maximum atomic E-state index is 12.5. The molecule has 26 heavy (non-hydrogen) atoms. The van der Waals surface area contributed by atoms with E-state index in [9.17, 15) is 4.79 Å². The summed E-state index contributed by atoms with van der Waals surface area (Å²) in [5, 5.41) is 3.72. The van der Waals surface area contributed by atoms with Crippen LogP contribution >= 0.6 is 11.9 Å². The van der Waals surface area contributed by atoms with Crippen LogP contribution in [0.2, 0.25) is 0 Å². The van der Waals surface area contributed by atoms with Crippen molar-refractivity contribution in [2.45, 2.75) is 44.3 Å². The summed E-state index contributed by atoms with van der Waals surface area (Å²) in [6.45, 7) is 2.10. The van der Waals surface area contributed by atoms with E-state index in [1.165, 1.54) is 35.9 Å². The van der Waals surface area contributed by atoms with E-state index in [1.54, 1.807) is 13.3 Å². The molecule has 0 aliphatic heterocycles. The normalized spacial score (nSPS) is 15.5. The van der Waals surface area contributed by atoms with Crippen LogP contribution < -0.4 is 14.8 Å². The van der Waals surface area contributed by atoms with Crippen molar-refractivity contribution in [3.05, 3.63) is 41.1 Å². The number of methoxy groups -OCH3 is 1. The molecule has 2 aliphatic carbocycles. The van der Waals surface area contributed by atoms with Crippen LogP contribution in [0.5, 0.6) is 5.88 Å². The van der Waals surface area contributed by atoms with Crippen LogP contribution in [0.4, 0.5) is 10.5 Å². The number of nitrogens with one attached hydrogen (secondary N) is 2. The number of fused-ring (bicyclic) bond motifs is 1. The molecule has 4 rings (SSSR count). The van der Waals surface area contributed by atoms with Crippen LogP contribution in [-0.2, 0) is 12.8 Å². The van der Waals surface area contributed by atoms with Crippen molar-refractivity contribution in [1.29, 1.82) is 0 Å². The lowest BCUT2D eigenvalue weighted by molar-refractivity contribution is 0.257. The van der Waals surface area contributed by atoms with Crippen LogP contribution in [0.15, 0.2) is 24.4 Å². The number of nitrogens with zero attached hydrogens (tertiary/aromatic N) is 1. The highest BCUT2D eigenvalue weighted by molar-refractivity contribution is 7.98. The Bertz CT molecular complexity index is 849. The van der Waals surface area contributed by atoms with Crippen molar-refractivity contribution in [3.63, 3.8) is 0 Å². The first kappa shape index (κ1) is 17.2. The Labute approximate surface area is 158 Å². The number of rotatable bonds is 5. The van der Waals surface area contributed by atoms with Crippen LogP contribution in [0.3, 0.4) is 0 Å². The number of amides is 2. The summed E-state index contributed by atoms with van der Waals surface area (Å²) >= 11 is 1.52. The first-order valence-electron chi connectivity index (χ1n) is 9.04. The van der Waals surface area contributed by atoms with Gasteiger partial charge < -0.3 is 10.1 Å². The zero-order valence-electron chi connectivity index (χ0n) is 15.1. The number of pyridine rings is 1. The predicted octanol–water partition coefficient (Wildman–Crippen LogP) is 4.49. The van der Waals surface area contributed by atoms with Crippen molar-refractivity contribution >= 4 is 23.7 Å². The van der Waals surface area contributed by atoms with Gasteiger partial charge in [0.15, 0.2) is 0 Å². The van der Waals surface area contributed by atoms with Gasteiger partial charge in [-0.3, -0.25) is 4.72 Å². The summed E-state index contributed by atoms with van der Waals surface area (Å²) in [7, 11) is 1.61. The monoisotopic (exact) mass is 369 g/mol. The molecule has 2 aromatic rings. The highest BCUT2D eigenvalue weighted by Crippen LogP contribution is 2.41. The Morgan fingerprint density at radius 1 is 1.31 bits per heavy atom. The number of ether oxygens (including phenoxy) is 1. The van der Waals surface area contributed by atoms with E-state index in [0.717, 1.165) is 41.6 Å². The second kappa shape index (κ2) is 7.19. The van der Waals surface area contributed by atoms with Gasteiger partial charge in [-0.05, 0) is 79.3 Å². The minimum absolute atomic E-state index is 0.149. The Kier molecular flexibility index (Phi) is 4.76. The minimum Gasteiger partial charge on any atom is -0.481 e. The topological polar surface area (TPSA) is 63.2 Å². The second-order valence-corrected chi connectivity index (χ2v) is 8.00. The third kappa shape index (κ3) is 3.51. The number of hydrogen-bond acceptors (Lipinski definition) is 4. The predicted molar refractivity (Wildman–Crippen MR) is 106 cm³/mol. The lowest BCUT2D eigenvalue weighted by Crippen LogP contribution is -2.24. The maximum Gasteiger partial charge on any atom is 0.329 e. The summed E-state index contributed by atoms with van der Waals surface area (Å²) in [6, 6.07) is 6.00. The Hall–Kier alpha value is -2.21. The first-order valence-corrected chi connectivity index (χ1v) is 9.92. The van der Waals surface area contributed by atoms with Gasteiger partial charge >= 0.3 is 6.03 Å². The molecule has 1 fully saturated rings. The van der Waals surface area contributed by atoms with E-state index < -0.39 is 0 Å². The van der Waals surface area contributed by atoms with E-state index in [2.05, 4.69) is 28.0 Å².